The van der Waals surface area contributed by atoms with Crippen LogP contribution in [0.1, 0.15) is 38.1 Å². The van der Waals surface area contributed by atoms with Gasteiger partial charge in [-0.25, -0.2) is 13.9 Å². The summed E-state index contributed by atoms with van der Waals surface area (Å²) in [7, 11) is 0. The van der Waals surface area contributed by atoms with E-state index in [-0.39, 0.29) is 6.61 Å². The first-order valence-corrected chi connectivity index (χ1v) is 13.5. The largest absolute Gasteiger partial charge is 0.488 e. The molecule has 43 heavy (non-hydrogen) atoms. The van der Waals surface area contributed by atoms with Crippen LogP contribution in [0, 0.1) is 0 Å². The van der Waals surface area contributed by atoms with Gasteiger partial charge in [-0.2, -0.15) is 0 Å². The normalized spacial score (nSPS) is 21.3. The Hall–Kier alpha value is -4.68. The topological polar surface area (TPSA) is 143 Å². The van der Waals surface area contributed by atoms with Gasteiger partial charge in [0.2, 0.25) is 12.3 Å². The van der Waals surface area contributed by atoms with Crippen LogP contribution in [-0.2, 0) is 44.7 Å². The molecule has 4 rings (SSSR count). The number of carboxylic acid groups (broad SMARTS) is 1. The fourth-order valence-electron chi connectivity index (χ4n) is 4.67. The third kappa shape index (κ3) is 7.59. The molecule has 0 radical (unpaired) electrons. The van der Waals surface area contributed by atoms with Gasteiger partial charge in [-0.05, 0) is 29.8 Å². The van der Waals surface area contributed by atoms with Gasteiger partial charge in [0.1, 0.15) is 30.4 Å². The molecule has 1 saturated heterocycles. The molecule has 2 aromatic carbocycles. The number of halogens is 1. The Labute approximate surface area is 251 Å². The maximum absolute atomic E-state index is 12.2. The lowest BCUT2D eigenvalue weighted by molar-refractivity contribution is -0.775. The predicted octanol–water partition coefficient (Wildman–Crippen LogP) is 3.30. The molecule has 1 N–H and O–H groups in total. The molecule has 0 unspecified atom stereocenters. The first-order chi connectivity index (χ1) is 20.4. The summed E-state index contributed by atoms with van der Waals surface area (Å²) in [6.45, 7) is 7.74. The monoisotopic (exact) mass is 613 g/mol. The van der Waals surface area contributed by atoms with Gasteiger partial charge in [-0.3, -0.25) is 14.4 Å². The highest BCUT2D eigenvalue weighted by atomic mass is 35.5. The summed E-state index contributed by atoms with van der Waals surface area (Å²) >= 11 is 6.09. The molecule has 0 bridgehead atoms. The molecule has 226 valence electrons. The van der Waals surface area contributed by atoms with Crippen LogP contribution in [0.25, 0.3) is 5.70 Å². The van der Waals surface area contributed by atoms with Gasteiger partial charge in [0.25, 0.3) is 6.33 Å². The molecule has 1 fully saturated rings. The van der Waals surface area contributed by atoms with Crippen LogP contribution in [0.5, 0.6) is 5.75 Å². The standard InChI is InChI=1S/C30H29ClN2O10/c1-17(23-10-5-6-11-24(23)39-15-21-8-7-9-22(31)14-21)32-12-13-33(16-32)29-27(42-20(4)36)25(40-18(2)34)26(41-19(3)35)28(43-29)30(37)38/h5-14,16,25-29H,1,15H2,2-4H3/p+1/t25-,26-,27+,28-,29+/m0/s1. The number of benzene rings is 2. The number of rotatable bonds is 10. The van der Waals surface area contributed by atoms with Gasteiger partial charge in [-0.1, -0.05) is 42.4 Å². The van der Waals surface area contributed by atoms with Crippen molar-refractivity contribution in [2.45, 2.75) is 58.0 Å². The minimum absolute atomic E-state index is 0.258. The number of carboxylic acids is 1. The molecular formula is C30H30ClN2O10+. The Bertz CT molecular complexity index is 1540. The number of imidazole rings is 1. The molecule has 0 saturated carbocycles. The Morgan fingerprint density at radius 3 is 2.26 bits per heavy atom. The van der Waals surface area contributed by atoms with E-state index in [0.29, 0.717) is 22.0 Å². The number of hydrogen-bond acceptors (Lipinski definition) is 9. The predicted molar refractivity (Wildman–Crippen MR) is 149 cm³/mol. The van der Waals surface area contributed by atoms with E-state index >= 15 is 0 Å². The van der Waals surface area contributed by atoms with E-state index in [2.05, 4.69) is 6.58 Å². The molecule has 2 heterocycles. The van der Waals surface area contributed by atoms with Crippen LogP contribution >= 0.6 is 11.6 Å². The number of esters is 3. The first-order valence-electron chi connectivity index (χ1n) is 13.1. The highest BCUT2D eigenvalue weighted by molar-refractivity contribution is 6.30. The summed E-state index contributed by atoms with van der Waals surface area (Å²) in [5.74, 6) is -3.35. The van der Waals surface area contributed by atoms with E-state index in [1.54, 1.807) is 29.0 Å². The maximum Gasteiger partial charge on any atom is 0.337 e. The van der Waals surface area contributed by atoms with Crippen molar-refractivity contribution < 1.29 is 52.5 Å². The van der Waals surface area contributed by atoms with E-state index in [1.807, 2.05) is 30.3 Å². The van der Waals surface area contributed by atoms with Crippen LogP contribution in [0.4, 0.5) is 0 Å². The van der Waals surface area contributed by atoms with Gasteiger partial charge in [-0.15, -0.1) is 0 Å². The lowest BCUT2D eigenvalue weighted by atomic mass is 9.96. The van der Waals surface area contributed by atoms with Crippen molar-refractivity contribution in [2.75, 3.05) is 0 Å². The Balaban J connectivity index is 1.66. The molecule has 3 aromatic rings. The molecule has 1 aliphatic rings. The summed E-state index contributed by atoms with van der Waals surface area (Å²) < 4.78 is 31.0. The average Bonchev–Trinajstić information content (AvgIpc) is 3.43. The highest BCUT2D eigenvalue weighted by Crippen LogP contribution is 2.33. The highest BCUT2D eigenvalue weighted by Gasteiger charge is 2.56. The van der Waals surface area contributed by atoms with Gasteiger partial charge in [0, 0.05) is 25.8 Å². The third-order valence-electron chi connectivity index (χ3n) is 6.41. The van der Waals surface area contributed by atoms with Crippen molar-refractivity contribution in [1.29, 1.82) is 0 Å². The Morgan fingerprint density at radius 1 is 0.953 bits per heavy atom. The second-order valence-corrected chi connectivity index (χ2v) is 10.1. The molecule has 0 amide bonds. The lowest BCUT2D eigenvalue weighted by Crippen LogP contribution is -2.65. The summed E-state index contributed by atoms with van der Waals surface area (Å²) in [6.07, 6.45) is -2.84. The number of carbonyl (C=O) groups excluding carboxylic acids is 3. The van der Waals surface area contributed by atoms with Crippen LogP contribution in [0.15, 0.2) is 73.8 Å². The number of carbonyl (C=O) groups is 4. The maximum atomic E-state index is 12.2. The number of hydrogen-bond donors (Lipinski definition) is 1. The van der Waals surface area contributed by atoms with Gasteiger partial charge in [0.05, 0.1) is 5.56 Å². The molecule has 1 aromatic heterocycles. The van der Waals surface area contributed by atoms with Crippen molar-refractivity contribution in [1.82, 2.24) is 4.57 Å². The molecule has 1 aliphatic heterocycles. The number of nitrogens with zero attached hydrogens (tertiary/aromatic N) is 2. The quantitative estimate of drug-likeness (QED) is 0.205. The minimum Gasteiger partial charge on any atom is -0.488 e. The second kappa shape index (κ2) is 13.5. The van der Waals surface area contributed by atoms with E-state index in [0.717, 1.165) is 26.3 Å². The zero-order chi connectivity index (χ0) is 31.3. The molecule has 13 heteroatoms. The van der Waals surface area contributed by atoms with Crippen molar-refractivity contribution >= 4 is 41.2 Å². The van der Waals surface area contributed by atoms with Gasteiger partial charge < -0.3 is 28.8 Å². The van der Waals surface area contributed by atoms with Gasteiger partial charge >= 0.3 is 23.9 Å². The van der Waals surface area contributed by atoms with Crippen LogP contribution in [0.3, 0.4) is 0 Å². The summed E-state index contributed by atoms with van der Waals surface area (Å²) in [5.41, 5.74) is 2.02. The second-order valence-electron chi connectivity index (χ2n) is 9.64. The first kappa shape index (κ1) is 31.3. The molecule has 5 atom stereocenters. The zero-order valence-electron chi connectivity index (χ0n) is 23.5. The number of aromatic nitrogens is 2. The average molecular weight is 614 g/mol. The fraction of sp³-hybridized carbons (Fsp3) is 0.300. The molecule has 0 spiro atoms. The van der Waals surface area contributed by atoms with E-state index in [9.17, 15) is 24.3 Å². The summed E-state index contributed by atoms with van der Waals surface area (Å²) in [5, 5.41) is 10.5. The Morgan fingerprint density at radius 2 is 1.60 bits per heavy atom. The lowest BCUT2D eigenvalue weighted by Gasteiger charge is -2.41. The molecule has 0 aliphatic carbocycles. The van der Waals surface area contributed by atoms with Crippen molar-refractivity contribution in [2.24, 2.45) is 0 Å². The zero-order valence-corrected chi connectivity index (χ0v) is 24.3. The van der Waals surface area contributed by atoms with Crippen molar-refractivity contribution in [3.8, 4) is 5.75 Å². The van der Waals surface area contributed by atoms with E-state index < -0.39 is 54.5 Å². The summed E-state index contributed by atoms with van der Waals surface area (Å²) in [4.78, 5) is 48.1. The van der Waals surface area contributed by atoms with Crippen LogP contribution < -0.4 is 9.30 Å². The number of para-hydroxylation sites is 1. The molecule has 12 nitrogen and oxygen atoms in total. The van der Waals surface area contributed by atoms with Gasteiger partial charge in [0.15, 0.2) is 18.3 Å². The minimum atomic E-state index is -1.76. The summed E-state index contributed by atoms with van der Waals surface area (Å²) in [6, 6.07) is 14.5. The number of ether oxygens (including phenoxy) is 5. The van der Waals surface area contributed by atoms with E-state index in [4.69, 9.17) is 35.3 Å². The fourth-order valence-corrected chi connectivity index (χ4v) is 4.88. The molecular weight excluding hydrogens is 584 g/mol. The van der Waals surface area contributed by atoms with Crippen molar-refractivity contribution in [3.63, 3.8) is 0 Å². The smallest absolute Gasteiger partial charge is 0.337 e. The van der Waals surface area contributed by atoms with Crippen LogP contribution in [-0.4, -0.2) is 58.0 Å². The van der Waals surface area contributed by atoms with Crippen molar-refractivity contribution in [3.05, 3.63) is 90.0 Å². The SMILES string of the molecule is C=C(c1ccccc1OCc1cccc(Cl)c1)n1cc[n+]([C@@H]2O[C@H](C(=O)O)[C@@H](OC(C)=O)[C@H](OC(C)=O)[C@H]2OC(C)=O)c1. The Kier molecular flexibility index (Phi) is 9.84. The number of aliphatic carboxylic acids is 1. The third-order valence-corrected chi connectivity index (χ3v) is 6.64. The van der Waals surface area contributed by atoms with Crippen LogP contribution in [0.2, 0.25) is 5.02 Å². The van der Waals surface area contributed by atoms with E-state index in [1.165, 1.54) is 17.1 Å².